The van der Waals surface area contributed by atoms with Crippen molar-refractivity contribution in [3.8, 4) is 0 Å². The third kappa shape index (κ3) is 7.25. The molecule has 1 N–H and O–H groups in total. The Balaban J connectivity index is 2.30. The van der Waals surface area contributed by atoms with Crippen LogP contribution in [-0.2, 0) is 14.3 Å². The van der Waals surface area contributed by atoms with Crippen LogP contribution in [0.1, 0.15) is 46.5 Å². The second-order valence-electron chi connectivity index (χ2n) is 5.54. The summed E-state index contributed by atoms with van der Waals surface area (Å²) in [6.07, 6.45) is 4.46. The van der Waals surface area contributed by atoms with E-state index in [1.54, 1.807) is 0 Å². The molecule has 1 aliphatic heterocycles. The van der Waals surface area contributed by atoms with Crippen LogP contribution in [0.2, 0.25) is 0 Å². The molecular formula is C16H32N2O3. The van der Waals surface area contributed by atoms with Crippen molar-refractivity contribution in [2.24, 2.45) is 0 Å². The summed E-state index contributed by atoms with van der Waals surface area (Å²) >= 11 is 0. The highest BCUT2D eigenvalue weighted by Gasteiger charge is 2.23. The summed E-state index contributed by atoms with van der Waals surface area (Å²) in [7, 11) is 0. The largest absolute Gasteiger partial charge is 0.465 e. The fraction of sp³-hybridized carbons (Fsp3) is 0.938. The summed E-state index contributed by atoms with van der Waals surface area (Å²) < 4.78 is 10.8. The van der Waals surface area contributed by atoms with Gasteiger partial charge in [-0.1, -0.05) is 6.92 Å². The molecule has 5 heteroatoms. The standard InChI is InChI=1S/C16H32N2O3/c1-4-10-17-15(16(19)21-6-3)9-13-18-11-7-14(8-12-18)20-5-2/h14-15,17H,4-13H2,1-3H3. The van der Waals surface area contributed by atoms with Gasteiger partial charge in [0.15, 0.2) is 0 Å². The summed E-state index contributed by atoms with van der Waals surface area (Å²) in [5.41, 5.74) is 0. The topological polar surface area (TPSA) is 50.8 Å². The molecule has 1 saturated heterocycles. The van der Waals surface area contributed by atoms with Gasteiger partial charge in [0.25, 0.3) is 0 Å². The minimum atomic E-state index is -0.172. The number of ether oxygens (including phenoxy) is 2. The van der Waals surface area contributed by atoms with Gasteiger partial charge in [0.2, 0.25) is 0 Å². The van der Waals surface area contributed by atoms with Gasteiger partial charge >= 0.3 is 5.97 Å². The summed E-state index contributed by atoms with van der Waals surface area (Å²) in [6, 6.07) is -0.172. The van der Waals surface area contributed by atoms with E-state index < -0.39 is 0 Å². The maximum absolute atomic E-state index is 11.9. The van der Waals surface area contributed by atoms with E-state index in [0.29, 0.717) is 12.7 Å². The lowest BCUT2D eigenvalue weighted by Gasteiger charge is -2.32. The SMILES string of the molecule is CCCNC(CCN1CCC(OCC)CC1)C(=O)OCC. The molecule has 1 atom stereocenters. The fourth-order valence-electron chi connectivity index (χ4n) is 2.71. The minimum Gasteiger partial charge on any atom is -0.465 e. The Morgan fingerprint density at radius 2 is 1.95 bits per heavy atom. The number of rotatable bonds is 10. The highest BCUT2D eigenvalue weighted by Crippen LogP contribution is 2.14. The molecular weight excluding hydrogens is 268 g/mol. The maximum Gasteiger partial charge on any atom is 0.323 e. The number of nitrogens with one attached hydrogen (secondary N) is 1. The molecule has 1 fully saturated rings. The van der Waals surface area contributed by atoms with E-state index in [1.807, 2.05) is 6.92 Å². The van der Waals surface area contributed by atoms with Gasteiger partial charge in [0.1, 0.15) is 6.04 Å². The van der Waals surface area contributed by atoms with Gasteiger partial charge in [0, 0.05) is 26.2 Å². The average molecular weight is 300 g/mol. The third-order valence-electron chi connectivity index (χ3n) is 3.88. The smallest absolute Gasteiger partial charge is 0.323 e. The molecule has 1 rings (SSSR count). The van der Waals surface area contributed by atoms with Crippen molar-refractivity contribution in [1.29, 1.82) is 0 Å². The summed E-state index contributed by atoms with van der Waals surface area (Å²) in [5, 5.41) is 3.30. The monoisotopic (exact) mass is 300 g/mol. The first-order valence-electron chi connectivity index (χ1n) is 8.45. The zero-order valence-electron chi connectivity index (χ0n) is 13.9. The van der Waals surface area contributed by atoms with E-state index in [4.69, 9.17) is 9.47 Å². The lowest BCUT2D eigenvalue weighted by atomic mass is 10.1. The number of carbonyl (C=O) groups is 1. The van der Waals surface area contributed by atoms with Crippen LogP contribution in [0.4, 0.5) is 0 Å². The third-order valence-corrected chi connectivity index (χ3v) is 3.88. The van der Waals surface area contributed by atoms with E-state index in [2.05, 4.69) is 24.1 Å². The van der Waals surface area contributed by atoms with Crippen molar-refractivity contribution in [2.45, 2.75) is 58.6 Å². The van der Waals surface area contributed by atoms with E-state index in [0.717, 1.165) is 58.5 Å². The van der Waals surface area contributed by atoms with Crippen molar-refractivity contribution in [3.63, 3.8) is 0 Å². The van der Waals surface area contributed by atoms with Crippen molar-refractivity contribution in [3.05, 3.63) is 0 Å². The number of nitrogens with zero attached hydrogens (tertiary/aromatic N) is 1. The van der Waals surface area contributed by atoms with Gasteiger partial charge in [-0.05, 0) is 46.1 Å². The minimum absolute atomic E-state index is 0.116. The van der Waals surface area contributed by atoms with Crippen LogP contribution >= 0.6 is 0 Å². The average Bonchev–Trinajstić information content (AvgIpc) is 2.49. The molecule has 1 heterocycles. The normalized spacial score (nSPS) is 18.6. The molecule has 0 spiro atoms. The molecule has 0 aromatic carbocycles. The molecule has 1 unspecified atom stereocenters. The van der Waals surface area contributed by atoms with Gasteiger partial charge < -0.3 is 19.7 Å². The lowest BCUT2D eigenvalue weighted by molar-refractivity contribution is -0.146. The zero-order valence-corrected chi connectivity index (χ0v) is 13.9. The molecule has 21 heavy (non-hydrogen) atoms. The molecule has 0 bridgehead atoms. The predicted molar refractivity (Wildman–Crippen MR) is 84.4 cm³/mol. The molecule has 0 aromatic rings. The van der Waals surface area contributed by atoms with Crippen LogP contribution in [0, 0.1) is 0 Å². The molecule has 0 aromatic heterocycles. The number of carbonyl (C=O) groups excluding carboxylic acids is 1. The van der Waals surface area contributed by atoms with Crippen molar-refractivity contribution in [1.82, 2.24) is 10.2 Å². The van der Waals surface area contributed by atoms with Gasteiger partial charge in [-0.2, -0.15) is 0 Å². The van der Waals surface area contributed by atoms with Gasteiger partial charge in [-0.25, -0.2) is 0 Å². The maximum atomic E-state index is 11.9. The van der Waals surface area contributed by atoms with Crippen LogP contribution in [0.5, 0.6) is 0 Å². The summed E-state index contributed by atoms with van der Waals surface area (Å²) in [5.74, 6) is -0.116. The lowest BCUT2D eigenvalue weighted by Crippen LogP contribution is -2.43. The van der Waals surface area contributed by atoms with Crippen LogP contribution < -0.4 is 5.32 Å². The van der Waals surface area contributed by atoms with Crippen molar-refractivity contribution in [2.75, 3.05) is 39.4 Å². The molecule has 0 amide bonds. The Morgan fingerprint density at radius 1 is 1.24 bits per heavy atom. The van der Waals surface area contributed by atoms with Crippen LogP contribution in [0.15, 0.2) is 0 Å². The van der Waals surface area contributed by atoms with Crippen LogP contribution in [0.3, 0.4) is 0 Å². The van der Waals surface area contributed by atoms with Crippen LogP contribution in [-0.4, -0.2) is 62.4 Å². The number of hydrogen-bond donors (Lipinski definition) is 1. The summed E-state index contributed by atoms with van der Waals surface area (Å²) in [4.78, 5) is 14.4. The summed E-state index contributed by atoms with van der Waals surface area (Å²) in [6.45, 7) is 11.2. The second-order valence-corrected chi connectivity index (χ2v) is 5.54. The molecule has 0 aliphatic carbocycles. The first kappa shape index (κ1) is 18.4. The van der Waals surface area contributed by atoms with Crippen molar-refractivity contribution >= 4 is 5.97 Å². The Kier molecular flexibility index (Phi) is 9.63. The molecule has 124 valence electrons. The van der Waals surface area contributed by atoms with Crippen LogP contribution in [0.25, 0.3) is 0 Å². The number of hydrogen-bond acceptors (Lipinski definition) is 5. The number of esters is 1. The van der Waals surface area contributed by atoms with E-state index >= 15 is 0 Å². The van der Waals surface area contributed by atoms with E-state index in [1.165, 1.54) is 0 Å². The molecule has 5 nitrogen and oxygen atoms in total. The van der Waals surface area contributed by atoms with Gasteiger partial charge in [-0.15, -0.1) is 0 Å². The Hall–Kier alpha value is -0.650. The van der Waals surface area contributed by atoms with Gasteiger partial charge in [-0.3, -0.25) is 4.79 Å². The quantitative estimate of drug-likeness (QED) is 0.624. The number of piperidine rings is 1. The Labute approximate surface area is 129 Å². The Morgan fingerprint density at radius 3 is 2.52 bits per heavy atom. The molecule has 0 saturated carbocycles. The Bertz CT molecular complexity index is 279. The fourth-order valence-corrected chi connectivity index (χ4v) is 2.71. The highest BCUT2D eigenvalue weighted by molar-refractivity contribution is 5.75. The number of likely N-dealkylation sites (tertiary alicyclic amines) is 1. The zero-order chi connectivity index (χ0) is 15.5. The second kappa shape index (κ2) is 11.0. The molecule has 0 radical (unpaired) electrons. The predicted octanol–water partition coefficient (Wildman–Crippen LogP) is 1.81. The first-order chi connectivity index (χ1) is 10.2. The van der Waals surface area contributed by atoms with E-state index in [9.17, 15) is 4.79 Å². The van der Waals surface area contributed by atoms with Crippen molar-refractivity contribution < 1.29 is 14.3 Å². The molecule has 1 aliphatic rings. The highest BCUT2D eigenvalue weighted by atomic mass is 16.5. The van der Waals surface area contributed by atoms with E-state index in [-0.39, 0.29) is 12.0 Å². The van der Waals surface area contributed by atoms with Gasteiger partial charge in [0.05, 0.1) is 12.7 Å². The first-order valence-corrected chi connectivity index (χ1v) is 8.45.